The second kappa shape index (κ2) is 4.76. The minimum atomic E-state index is -0.139. The predicted octanol–water partition coefficient (Wildman–Crippen LogP) is 2.90. The molecule has 1 aliphatic heterocycles. The summed E-state index contributed by atoms with van der Waals surface area (Å²) in [5.41, 5.74) is -0.139. The van der Waals surface area contributed by atoms with Crippen molar-refractivity contribution in [2.45, 2.75) is 83.5 Å². The highest BCUT2D eigenvalue weighted by atomic mass is 16.2. The monoisotopic (exact) mass is 264 g/mol. The quantitative estimate of drug-likeness (QED) is 0.850. The largest absolute Gasteiger partial charge is 0.322 e. The van der Waals surface area contributed by atoms with Crippen molar-refractivity contribution in [2.75, 3.05) is 0 Å². The molecule has 108 valence electrons. The Morgan fingerprint density at radius 3 is 2.68 bits per heavy atom. The van der Waals surface area contributed by atoms with Crippen molar-refractivity contribution in [2.24, 2.45) is 11.8 Å². The lowest BCUT2D eigenvalue weighted by molar-refractivity contribution is -0.135. The van der Waals surface area contributed by atoms with Crippen LogP contribution in [0.15, 0.2) is 0 Å². The highest BCUT2D eigenvalue weighted by Crippen LogP contribution is 2.46. The van der Waals surface area contributed by atoms with Gasteiger partial charge in [0, 0.05) is 6.04 Å². The van der Waals surface area contributed by atoms with Crippen LogP contribution in [0.1, 0.15) is 65.7 Å². The molecule has 1 saturated heterocycles. The standard InChI is InChI=1S/C16H28N2O/c1-4-6-14-17-16(9-10-16)15(19)18(14)13-8-5-7-11(2)12(13)3/h11-14,17H,4-10H2,1-3H3. The Balaban J connectivity index is 1.81. The molecule has 1 amide bonds. The van der Waals surface area contributed by atoms with Gasteiger partial charge in [-0.1, -0.05) is 40.0 Å². The molecule has 0 radical (unpaired) electrons. The van der Waals surface area contributed by atoms with Gasteiger partial charge < -0.3 is 4.90 Å². The highest BCUT2D eigenvalue weighted by Gasteiger charge is 2.60. The molecule has 4 atom stereocenters. The molecule has 1 spiro atoms. The van der Waals surface area contributed by atoms with Gasteiger partial charge in [-0.25, -0.2) is 0 Å². The Morgan fingerprint density at radius 1 is 1.32 bits per heavy atom. The summed E-state index contributed by atoms with van der Waals surface area (Å²) in [6, 6.07) is 0.472. The number of hydrogen-bond donors (Lipinski definition) is 1. The molecule has 19 heavy (non-hydrogen) atoms. The zero-order chi connectivity index (χ0) is 13.6. The fraction of sp³-hybridized carbons (Fsp3) is 0.938. The number of carbonyl (C=O) groups is 1. The first-order valence-electron chi connectivity index (χ1n) is 8.19. The normalized spacial score (nSPS) is 41.0. The van der Waals surface area contributed by atoms with Crippen LogP contribution in [-0.4, -0.2) is 28.6 Å². The first kappa shape index (κ1) is 13.4. The van der Waals surface area contributed by atoms with Gasteiger partial charge in [0.1, 0.15) is 0 Å². The van der Waals surface area contributed by atoms with Crippen molar-refractivity contribution in [1.82, 2.24) is 10.2 Å². The number of amides is 1. The molecule has 3 nitrogen and oxygen atoms in total. The molecule has 3 fully saturated rings. The number of carbonyl (C=O) groups excluding carboxylic acids is 1. The lowest BCUT2D eigenvalue weighted by atomic mass is 9.77. The number of hydrogen-bond acceptors (Lipinski definition) is 2. The summed E-state index contributed by atoms with van der Waals surface area (Å²) in [6.07, 6.45) is 8.48. The van der Waals surface area contributed by atoms with E-state index in [4.69, 9.17) is 0 Å². The molecule has 0 aromatic rings. The number of rotatable bonds is 3. The van der Waals surface area contributed by atoms with Gasteiger partial charge in [0.05, 0.1) is 11.7 Å². The van der Waals surface area contributed by atoms with E-state index in [0.717, 1.165) is 31.6 Å². The molecule has 3 aliphatic rings. The molecule has 2 saturated carbocycles. The van der Waals surface area contributed by atoms with E-state index >= 15 is 0 Å². The molecular formula is C16H28N2O. The van der Waals surface area contributed by atoms with Crippen LogP contribution >= 0.6 is 0 Å². The first-order chi connectivity index (χ1) is 9.09. The minimum absolute atomic E-state index is 0.139. The van der Waals surface area contributed by atoms with Gasteiger partial charge in [-0.2, -0.15) is 0 Å². The SMILES string of the molecule is CCCC1NC2(CC2)C(=O)N1C1CCCC(C)C1C. The van der Waals surface area contributed by atoms with Crippen molar-refractivity contribution < 1.29 is 4.79 Å². The molecule has 1 heterocycles. The summed E-state index contributed by atoms with van der Waals surface area (Å²) < 4.78 is 0. The molecule has 4 unspecified atom stereocenters. The highest BCUT2D eigenvalue weighted by molar-refractivity contribution is 5.92. The fourth-order valence-electron chi connectivity index (χ4n) is 4.13. The average molecular weight is 264 g/mol. The van der Waals surface area contributed by atoms with E-state index in [1.54, 1.807) is 0 Å². The van der Waals surface area contributed by atoms with Gasteiger partial charge in [0.25, 0.3) is 0 Å². The van der Waals surface area contributed by atoms with E-state index in [-0.39, 0.29) is 5.54 Å². The molecule has 3 rings (SSSR count). The van der Waals surface area contributed by atoms with E-state index in [9.17, 15) is 4.79 Å². The Labute approximate surface area is 117 Å². The summed E-state index contributed by atoms with van der Waals surface area (Å²) in [4.78, 5) is 15.1. The molecule has 1 N–H and O–H groups in total. The van der Waals surface area contributed by atoms with Gasteiger partial charge in [0.2, 0.25) is 5.91 Å². The maximum Gasteiger partial charge on any atom is 0.244 e. The van der Waals surface area contributed by atoms with E-state index in [1.807, 2.05) is 0 Å². The van der Waals surface area contributed by atoms with Crippen LogP contribution in [0, 0.1) is 11.8 Å². The predicted molar refractivity (Wildman–Crippen MR) is 76.6 cm³/mol. The second-order valence-electron chi connectivity index (χ2n) is 7.08. The third kappa shape index (κ3) is 2.10. The van der Waals surface area contributed by atoms with E-state index in [2.05, 4.69) is 31.0 Å². The zero-order valence-electron chi connectivity index (χ0n) is 12.6. The summed E-state index contributed by atoms with van der Waals surface area (Å²) in [6.45, 7) is 6.92. The fourth-order valence-corrected chi connectivity index (χ4v) is 4.13. The van der Waals surface area contributed by atoms with Crippen molar-refractivity contribution in [3.63, 3.8) is 0 Å². The average Bonchev–Trinajstić information content (AvgIpc) is 3.10. The summed E-state index contributed by atoms with van der Waals surface area (Å²) in [7, 11) is 0. The first-order valence-corrected chi connectivity index (χ1v) is 8.19. The van der Waals surface area contributed by atoms with Gasteiger partial charge in [-0.05, 0) is 37.5 Å². The second-order valence-corrected chi connectivity index (χ2v) is 7.08. The lowest BCUT2D eigenvalue weighted by Gasteiger charge is -2.42. The smallest absolute Gasteiger partial charge is 0.244 e. The van der Waals surface area contributed by atoms with Crippen LogP contribution in [0.4, 0.5) is 0 Å². The van der Waals surface area contributed by atoms with E-state index in [0.29, 0.717) is 24.0 Å². The molecular weight excluding hydrogens is 236 g/mol. The molecule has 0 bridgehead atoms. The summed E-state index contributed by atoms with van der Waals surface area (Å²) >= 11 is 0. The Bertz CT molecular complexity index is 364. The van der Waals surface area contributed by atoms with Crippen LogP contribution in [-0.2, 0) is 4.79 Å². The van der Waals surface area contributed by atoms with Crippen LogP contribution in [0.2, 0.25) is 0 Å². The topological polar surface area (TPSA) is 32.3 Å². The minimum Gasteiger partial charge on any atom is -0.322 e. The van der Waals surface area contributed by atoms with Gasteiger partial charge in [-0.15, -0.1) is 0 Å². The Hall–Kier alpha value is -0.570. The van der Waals surface area contributed by atoms with Gasteiger partial charge >= 0.3 is 0 Å². The summed E-state index contributed by atoms with van der Waals surface area (Å²) in [5.74, 6) is 1.81. The Kier molecular flexibility index (Phi) is 3.36. The van der Waals surface area contributed by atoms with Crippen LogP contribution < -0.4 is 5.32 Å². The maximum atomic E-state index is 12.8. The van der Waals surface area contributed by atoms with Crippen molar-refractivity contribution in [1.29, 1.82) is 0 Å². The molecule has 0 aromatic carbocycles. The van der Waals surface area contributed by atoms with Crippen LogP contribution in [0.3, 0.4) is 0 Å². The maximum absolute atomic E-state index is 12.8. The molecule has 2 aliphatic carbocycles. The molecule has 3 heteroatoms. The van der Waals surface area contributed by atoms with Crippen molar-refractivity contribution >= 4 is 5.91 Å². The summed E-state index contributed by atoms with van der Waals surface area (Å²) in [5, 5.41) is 3.65. The van der Waals surface area contributed by atoms with Crippen LogP contribution in [0.25, 0.3) is 0 Å². The number of nitrogens with one attached hydrogen (secondary N) is 1. The lowest BCUT2D eigenvalue weighted by Crippen LogP contribution is -2.50. The van der Waals surface area contributed by atoms with Crippen LogP contribution in [0.5, 0.6) is 0 Å². The van der Waals surface area contributed by atoms with E-state index < -0.39 is 0 Å². The third-order valence-electron chi connectivity index (χ3n) is 5.76. The number of nitrogens with zero attached hydrogens (tertiary/aromatic N) is 1. The van der Waals surface area contributed by atoms with E-state index in [1.165, 1.54) is 19.3 Å². The molecule has 0 aromatic heterocycles. The van der Waals surface area contributed by atoms with Gasteiger partial charge in [-0.3, -0.25) is 10.1 Å². The Morgan fingerprint density at radius 2 is 2.05 bits per heavy atom. The van der Waals surface area contributed by atoms with Gasteiger partial charge in [0.15, 0.2) is 0 Å². The zero-order valence-corrected chi connectivity index (χ0v) is 12.6. The van der Waals surface area contributed by atoms with Crippen molar-refractivity contribution in [3.8, 4) is 0 Å². The third-order valence-corrected chi connectivity index (χ3v) is 5.76. The van der Waals surface area contributed by atoms with Crippen molar-refractivity contribution in [3.05, 3.63) is 0 Å².